The molecule has 0 spiro atoms. The summed E-state index contributed by atoms with van der Waals surface area (Å²) in [5, 5.41) is 10.6. The average molecular weight is 227 g/mol. The highest BCUT2D eigenvalue weighted by molar-refractivity contribution is 7.21. The van der Waals surface area contributed by atoms with Crippen LogP contribution in [0.2, 0.25) is 0 Å². The number of aromatic hydroxyl groups is 1. The van der Waals surface area contributed by atoms with Crippen LogP contribution in [-0.2, 0) is 0 Å². The van der Waals surface area contributed by atoms with Crippen molar-refractivity contribution in [1.29, 1.82) is 0 Å². The standard InChI is InChI=1S/C13H9NOS/c15-10-7-4-8-11-12(10)14-13(16-11)9-5-2-1-3-6-9/h1-8,15H. The zero-order valence-corrected chi connectivity index (χ0v) is 9.24. The maximum Gasteiger partial charge on any atom is 0.142 e. The average Bonchev–Trinajstić information content (AvgIpc) is 2.76. The van der Waals surface area contributed by atoms with Gasteiger partial charge in [0.25, 0.3) is 0 Å². The van der Waals surface area contributed by atoms with Gasteiger partial charge in [0, 0.05) is 5.56 Å². The van der Waals surface area contributed by atoms with E-state index in [1.54, 1.807) is 17.4 Å². The van der Waals surface area contributed by atoms with Gasteiger partial charge in [-0.25, -0.2) is 4.98 Å². The summed E-state index contributed by atoms with van der Waals surface area (Å²) < 4.78 is 1.01. The smallest absolute Gasteiger partial charge is 0.142 e. The highest BCUT2D eigenvalue weighted by atomic mass is 32.1. The molecule has 0 bridgehead atoms. The number of thiazole rings is 1. The van der Waals surface area contributed by atoms with Crippen LogP contribution in [0.25, 0.3) is 20.8 Å². The third-order valence-corrected chi connectivity index (χ3v) is 3.49. The lowest BCUT2D eigenvalue weighted by atomic mass is 10.2. The Morgan fingerprint density at radius 1 is 0.938 bits per heavy atom. The van der Waals surface area contributed by atoms with Crippen molar-refractivity contribution in [3.8, 4) is 16.3 Å². The Labute approximate surface area is 96.8 Å². The molecule has 16 heavy (non-hydrogen) atoms. The van der Waals surface area contributed by atoms with Crippen molar-refractivity contribution in [3.63, 3.8) is 0 Å². The molecule has 3 heteroatoms. The molecule has 78 valence electrons. The quantitative estimate of drug-likeness (QED) is 0.688. The Kier molecular flexibility index (Phi) is 2.11. The number of hydrogen-bond donors (Lipinski definition) is 1. The maximum absolute atomic E-state index is 9.68. The molecule has 3 aromatic rings. The van der Waals surface area contributed by atoms with E-state index in [0.717, 1.165) is 15.3 Å². The molecule has 0 amide bonds. The predicted octanol–water partition coefficient (Wildman–Crippen LogP) is 3.67. The number of benzene rings is 2. The second-order valence-electron chi connectivity index (χ2n) is 3.51. The fourth-order valence-corrected chi connectivity index (χ4v) is 2.63. The number of para-hydroxylation sites is 1. The zero-order valence-electron chi connectivity index (χ0n) is 8.42. The molecule has 0 radical (unpaired) electrons. The van der Waals surface area contributed by atoms with Crippen molar-refractivity contribution in [2.75, 3.05) is 0 Å². The number of phenols is 1. The first-order chi connectivity index (χ1) is 7.84. The van der Waals surface area contributed by atoms with E-state index in [9.17, 15) is 5.11 Å². The number of aromatic nitrogens is 1. The van der Waals surface area contributed by atoms with Crippen LogP contribution in [0, 0.1) is 0 Å². The van der Waals surface area contributed by atoms with E-state index >= 15 is 0 Å². The van der Waals surface area contributed by atoms with Crippen molar-refractivity contribution in [2.24, 2.45) is 0 Å². The number of phenolic OH excluding ortho intramolecular Hbond substituents is 1. The molecule has 1 heterocycles. The summed E-state index contributed by atoms with van der Waals surface area (Å²) in [6, 6.07) is 15.5. The first kappa shape index (κ1) is 9.36. The van der Waals surface area contributed by atoms with Crippen LogP contribution < -0.4 is 0 Å². The summed E-state index contributed by atoms with van der Waals surface area (Å²) in [4.78, 5) is 4.45. The molecular weight excluding hydrogens is 218 g/mol. The topological polar surface area (TPSA) is 33.1 Å². The first-order valence-corrected chi connectivity index (χ1v) is 5.80. The number of hydrogen-bond acceptors (Lipinski definition) is 3. The van der Waals surface area contributed by atoms with Crippen LogP contribution in [0.1, 0.15) is 0 Å². The second-order valence-corrected chi connectivity index (χ2v) is 4.54. The molecule has 0 unspecified atom stereocenters. The summed E-state index contributed by atoms with van der Waals surface area (Å²) in [5.41, 5.74) is 1.77. The summed E-state index contributed by atoms with van der Waals surface area (Å²) in [6.45, 7) is 0. The Morgan fingerprint density at radius 2 is 1.75 bits per heavy atom. The number of nitrogens with zero attached hydrogens (tertiary/aromatic N) is 1. The Balaban J connectivity index is 2.23. The third-order valence-electron chi connectivity index (χ3n) is 2.42. The molecule has 0 aliphatic carbocycles. The van der Waals surface area contributed by atoms with Crippen LogP contribution in [0.15, 0.2) is 48.5 Å². The zero-order chi connectivity index (χ0) is 11.0. The monoisotopic (exact) mass is 227 g/mol. The molecule has 1 aromatic heterocycles. The Hall–Kier alpha value is -1.87. The van der Waals surface area contributed by atoms with Crippen molar-refractivity contribution in [2.45, 2.75) is 0 Å². The van der Waals surface area contributed by atoms with Crippen molar-refractivity contribution in [1.82, 2.24) is 4.98 Å². The van der Waals surface area contributed by atoms with Crippen molar-refractivity contribution < 1.29 is 5.11 Å². The number of rotatable bonds is 1. The predicted molar refractivity (Wildman–Crippen MR) is 66.7 cm³/mol. The maximum atomic E-state index is 9.68. The van der Waals surface area contributed by atoms with E-state index in [-0.39, 0.29) is 5.75 Å². The van der Waals surface area contributed by atoms with E-state index in [0.29, 0.717) is 5.52 Å². The third kappa shape index (κ3) is 1.46. The molecule has 0 fully saturated rings. The van der Waals surface area contributed by atoms with Crippen molar-refractivity contribution in [3.05, 3.63) is 48.5 Å². The summed E-state index contributed by atoms with van der Waals surface area (Å²) in [7, 11) is 0. The largest absolute Gasteiger partial charge is 0.506 e. The van der Waals surface area contributed by atoms with Gasteiger partial charge < -0.3 is 5.11 Å². The molecule has 2 nitrogen and oxygen atoms in total. The first-order valence-electron chi connectivity index (χ1n) is 4.98. The molecule has 0 saturated heterocycles. The van der Waals surface area contributed by atoms with Gasteiger partial charge in [0.1, 0.15) is 16.3 Å². The van der Waals surface area contributed by atoms with E-state index in [2.05, 4.69) is 4.98 Å². The minimum atomic E-state index is 0.246. The van der Waals surface area contributed by atoms with E-state index in [4.69, 9.17) is 0 Å². The normalized spacial score (nSPS) is 10.8. The van der Waals surface area contributed by atoms with Gasteiger partial charge in [-0.15, -0.1) is 11.3 Å². The van der Waals surface area contributed by atoms with Gasteiger partial charge >= 0.3 is 0 Å². The SMILES string of the molecule is Oc1cccc2sc(-c3ccccc3)nc12. The van der Waals surface area contributed by atoms with Crippen LogP contribution in [0.4, 0.5) is 0 Å². The van der Waals surface area contributed by atoms with Gasteiger partial charge in [-0.1, -0.05) is 36.4 Å². The lowest BCUT2D eigenvalue weighted by Gasteiger charge is -1.92. The lowest BCUT2D eigenvalue weighted by Crippen LogP contribution is -1.74. The number of fused-ring (bicyclic) bond motifs is 1. The van der Waals surface area contributed by atoms with Crippen molar-refractivity contribution >= 4 is 21.6 Å². The van der Waals surface area contributed by atoms with Crippen LogP contribution in [0.5, 0.6) is 5.75 Å². The van der Waals surface area contributed by atoms with Gasteiger partial charge in [-0.05, 0) is 12.1 Å². The fourth-order valence-electron chi connectivity index (χ4n) is 1.64. The highest BCUT2D eigenvalue weighted by Crippen LogP contribution is 2.33. The minimum absolute atomic E-state index is 0.246. The van der Waals surface area contributed by atoms with Gasteiger partial charge in [0.15, 0.2) is 0 Å². The molecule has 0 aliphatic heterocycles. The molecule has 2 aromatic carbocycles. The van der Waals surface area contributed by atoms with E-state index in [1.165, 1.54) is 0 Å². The summed E-state index contributed by atoms with van der Waals surface area (Å²) >= 11 is 1.59. The van der Waals surface area contributed by atoms with Crippen LogP contribution >= 0.6 is 11.3 Å². The lowest BCUT2D eigenvalue weighted by molar-refractivity contribution is 0.480. The second kappa shape index (κ2) is 3.61. The summed E-state index contributed by atoms with van der Waals surface area (Å²) in [5.74, 6) is 0.246. The molecular formula is C13H9NOS. The van der Waals surface area contributed by atoms with Crippen LogP contribution in [-0.4, -0.2) is 10.1 Å². The van der Waals surface area contributed by atoms with Gasteiger partial charge in [0.05, 0.1) is 4.70 Å². The minimum Gasteiger partial charge on any atom is -0.506 e. The molecule has 1 N–H and O–H groups in total. The molecule has 0 saturated carbocycles. The van der Waals surface area contributed by atoms with E-state index in [1.807, 2.05) is 42.5 Å². The molecule has 0 aliphatic rings. The molecule has 0 atom stereocenters. The highest BCUT2D eigenvalue weighted by Gasteiger charge is 2.08. The summed E-state index contributed by atoms with van der Waals surface area (Å²) in [6.07, 6.45) is 0. The Bertz CT molecular complexity index is 631. The molecule has 3 rings (SSSR count). The van der Waals surface area contributed by atoms with Gasteiger partial charge in [-0.3, -0.25) is 0 Å². The van der Waals surface area contributed by atoms with Gasteiger partial charge in [-0.2, -0.15) is 0 Å². The van der Waals surface area contributed by atoms with Gasteiger partial charge in [0.2, 0.25) is 0 Å². The Morgan fingerprint density at radius 3 is 2.50 bits per heavy atom. The fraction of sp³-hybridized carbons (Fsp3) is 0. The van der Waals surface area contributed by atoms with E-state index < -0.39 is 0 Å². The van der Waals surface area contributed by atoms with Crippen LogP contribution in [0.3, 0.4) is 0 Å².